The van der Waals surface area contributed by atoms with Crippen molar-refractivity contribution in [3.8, 4) is 0 Å². The van der Waals surface area contributed by atoms with Crippen molar-refractivity contribution in [1.82, 2.24) is 0 Å². The molecule has 0 fully saturated rings. The molecule has 364 valence electrons. The van der Waals surface area contributed by atoms with Crippen molar-refractivity contribution in [2.24, 2.45) is 0 Å². The number of carbonyl (C=O) groups excluding carboxylic acids is 3. The Kier molecular flexibility index (Phi) is 49.4. The third kappa shape index (κ3) is 50.0. The van der Waals surface area contributed by atoms with Crippen LogP contribution in [0.5, 0.6) is 0 Å². The number of unbranched alkanes of at least 4 members (excludes halogenated alkanes) is 27. The molecule has 63 heavy (non-hydrogen) atoms. The molecule has 0 aromatic carbocycles. The van der Waals surface area contributed by atoms with E-state index in [0.29, 0.717) is 19.3 Å². The van der Waals surface area contributed by atoms with E-state index in [0.717, 1.165) is 89.9 Å². The zero-order valence-corrected chi connectivity index (χ0v) is 41.6. The zero-order valence-electron chi connectivity index (χ0n) is 41.6. The Balaban J connectivity index is 4.38. The van der Waals surface area contributed by atoms with Crippen LogP contribution in [0.3, 0.4) is 0 Å². The molecule has 0 heterocycles. The molecule has 0 aromatic rings. The minimum absolute atomic E-state index is 0.0840. The van der Waals surface area contributed by atoms with E-state index in [2.05, 4.69) is 81.5 Å². The van der Waals surface area contributed by atoms with Gasteiger partial charge in [-0.1, -0.05) is 204 Å². The fourth-order valence-corrected chi connectivity index (χ4v) is 7.37. The van der Waals surface area contributed by atoms with E-state index in [1.807, 2.05) is 0 Å². The molecule has 0 aliphatic rings. The van der Waals surface area contributed by atoms with Gasteiger partial charge in [0.05, 0.1) is 0 Å². The lowest BCUT2D eigenvalue weighted by atomic mass is 10.1. The average molecular weight is 881 g/mol. The van der Waals surface area contributed by atoms with Crippen LogP contribution < -0.4 is 0 Å². The molecule has 0 bridgehead atoms. The van der Waals surface area contributed by atoms with E-state index in [1.54, 1.807) is 0 Å². The summed E-state index contributed by atoms with van der Waals surface area (Å²) in [6.45, 7) is 6.54. The second-order valence-electron chi connectivity index (χ2n) is 17.8. The Morgan fingerprint density at radius 2 is 0.587 bits per heavy atom. The minimum atomic E-state index is -0.784. The van der Waals surface area contributed by atoms with Gasteiger partial charge in [-0.15, -0.1) is 0 Å². The van der Waals surface area contributed by atoms with Crippen LogP contribution >= 0.6 is 0 Å². The van der Waals surface area contributed by atoms with Crippen LogP contribution in [0.1, 0.15) is 265 Å². The number of rotatable bonds is 48. The molecular formula is C57H100O6. The predicted octanol–water partition coefficient (Wildman–Crippen LogP) is 17.6. The molecule has 0 aliphatic carbocycles. The fourth-order valence-electron chi connectivity index (χ4n) is 7.37. The Morgan fingerprint density at radius 1 is 0.317 bits per heavy atom. The standard InChI is InChI=1S/C57H100O6/c1-4-7-10-13-16-19-22-24-26-28-30-32-35-38-41-44-47-50-56(59)62-53-54(52-61-55(58)49-46-43-40-37-34-21-18-15-12-9-6-3)63-57(60)51-48-45-42-39-36-33-31-29-27-25-23-20-17-14-11-8-5-2/h15-20,24-27,54H,4-14,21-23,28-53H2,1-3H3/b18-15-,19-16-,20-17-,26-24-,27-25-. The van der Waals surface area contributed by atoms with Crippen LogP contribution in [0.15, 0.2) is 60.8 Å². The first-order valence-corrected chi connectivity index (χ1v) is 26.8. The second-order valence-corrected chi connectivity index (χ2v) is 17.8. The van der Waals surface area contributed by atoms with Gasteiger partial charge in [0.15, 0.2) is 6.10 Å². The van der Waals surface area contributed by atoms with Gasteiger partial charge in [0.25, 0.3) is 0 Å². The molecular weight excluding hydrogens is 781 g/mol. The van der Waals surface area contributed by atoms with Gasteiger partial charge in [0.1, 0.15) is 13.2 Å². The van der Waals surface area contributed by atoms with Crippen LogP contribution in [-0.4, -0.2) is 37.2 Å². The number of allylic oxidation sites excluding steroid dienone is 10. The van der Waals surface area contributed by atoms with E-state index in [4.69, 9.17) is 14.2 Å². The topological polar surface area (TPSA) is 78.9 Å². The largest absolute Gasteiger partial charge is 0.462 e. The summed E-state index contributed by atoms with van der Waals surface area (Å²) in [5.41, 5.74) is 0. The first-order chi connectivity index (χ1) is 31.0. The Bertz CT molecular complexity index is 1150. The van der Waals surface area contributed by atoms with Gasteiger partial charge >= 0.3 is 17.9 Å². The number of hydrogen-bond acceptors (Lipinski definition) is 6. The lowest BCUT2D eigenvalue weighted by Crippen LogP contribution is -2.30. The summed E-state index contributed by atoms with van der Waals surface area (Å²) in [6.07, 6.45) is 63.4. The van der Waals surface area contributed by atoms with Gasteiger partial charge in [-0.2, -0.15) is 0 Å². The molecule has 0 N–H and O–H groups in total. The highest BCUT2D eigenvalue weighted by molar-refractivity contribution is 5.71. The summed E-state index contributed by atoms with van der Waals surface area (Å²) < 4.78 is 16.8. The van der Waals surface area contributed by atoms with Gasteiger partial charge < -0.3 is 14.2 Å². The molecule has 1 unspecified atom stereocenters. The first-order valence-electron chi connectivity index (χ1n) is 26.8. The third-order valence-electron chi connectivity index (χ3n) is 11.5. The molecule has 0 radical (unpaired) electrons. The summed E-state index contributed by atoms with van der Waals surface area (Å²) in [5, 5.41) is 0. The van der Waals surface area contributed by atoms with Crippen molar-refractivity contribution >= 4 is 17.9 Å². The molecule has 6 nitrogen and oxygen atoms in total. The highest BCUT2D eigenvalue weighted by Gasteiger charge is 2.19. The Labute approximate surface area is 390 Å². The molecule has 1 atom stereocenters. The summed E-state index contributed by atoms with van der Waals surface area (Å²) in [4.78, 5) is 38.0. The number of carbonyl (C=O) groups is 3. The first kappa shape index (κ1) is 60.1. The highest BCUT2D eigenvalue weighted by Crippen LogP contribution is 2.14. The molecule has 0 saturated carbocycles. The van der Waals surface area contributed by atoms with Crippen molar-refractivity contribution in [2.45, 2.75) is 271 Å². The van der Waals surface area contributed by atoms with Crippen molar-refractivity contribution in [3.63, 3.8) is 0 Å². The highest BCUT2D eigenvalue weighted by atomic mass is 16.6. The monoisotopic (exact) mass is 881 g/mol. The molecule has 0 rings (SSSR count). The van der Waals surface area contributed by atoms with Crippen LogP contribution in [-0.2, 0) is 28.6 Å². The van der Waals surface area contributed by atoms with E-state index < -0.39 is 6.10 Å². The molecule has 0 aliphatic heterocycles. The molecule has 0 amide bonds. The Hall–Kier alpha value is -2.89. The Morgan fingerprint density at radius 3 is 0.937 bits per heavy atom. The van der Waals surface area contributed by atoms with Crippen molar-refractivity contribution in [2.75, 3.05) is 13.2 Å². The maximum Gasteiger partial charge on any atom is 0.306 e. The van der Waals surface area contributed by atoms with Gasteiger partial charge in [-0.3, -0.25) is 14.4 Å². The minimum Gasteiger partial charge on any atom is -0.462 e. The van der Waals surface area contributed by atoms with Crippen LogP contribution in [0, 0.1) is 0 Å². The van der Waals surface area contributed by atoms with E-state index in [1.165, 1.54) is 135 Å². The van der Waals surface area contributed by atoms with E-state index in [-0.39, 0.29) is 31.1 Å². The summed E-state index contributed by atoms with van der Waals surface area (Å²) in [5.74, 6) is -0.904. The summed E-state index contributed by atoms with van der Waals surface area (Å²) in [7, 11) is 0. The molecule has 0 saturated heterocycles. The third-order valence-corrected chi connectivity index (χ3v) is 11.5. The molecule has 0 spiro atoms. The van der Waals surface area contributed by atoms with Gasteiger partial charge in [-0.25, -0.2) is 0 Å². The SMILES string of the molecule is CCCC/C=C\CCCCCCCC(=O)OCC(COC(=O)CCCCCCCCC/C=C\C/C=C\CCCCC)OC(=O)CCCCCCCCC/C=C\C/C=C\CCCCC. The van der Waals surface area contributed by atoms with Gasteiger partial charge in [0.2, 0.25) is 0 Å². The lowest BCUT2D eigenvalue weighted by molar-refractivity contribution is -0.167. The van der Waals surface area contributed by atoms with Crippen molar-refractivity contribution < 1.29 is 28.6 Å². The smallest absolute Gasteiger partial charge is 0.306 e. The molecule has 0 aromatic heterocycles. The number of esters is 3. The number of ether oxygens (including phenoxy) is 3. The number of hydrogen-bond donors (Lipinski definition) is 0. The predicted molar refractivity (Wildman–Crippen MR) is 270 cm³/mol. The quantitative estimate of drug-likeness (QED) is 0.0262. The van der Waals surface area contributed by atoms with Crippen molar-refractivity contribution in [3.05, 3.63) is 60.8 Å². The van der Waals surface area contributed by atoms with Crippen molar-refractivity contribution in [1.29, 1.82) is 0 Å². The average Bonchev–Trinajstić information content (AvgIpc) is 3.28. The molecule has 6 heteroatoms. The maximum absolute atomic E-state index is 12.8. The van der Waals surface area contributed by atoms with Gasteiger partial charge in [-0.05, 0) is 103 Å². The fraction of sp³-hybridized carbons (Fsp3) is 0.772. The van der Waals surface area contributed by atoms with Crippen LogP contribution in [0.25, 0.3) is 0 Å². The summed E-state index contributed by atoms with van der Waals surface area (Å²) >= 11 is 0. The van der Waals surface area contributed by atoms with Crippen LogP contribution in [0.4, 0.5) is 0 Å². The van der Waals surface area contributed by atoms with E-state index in [9.17, 15) is 14.4 Å². The zero-order chi connectivity index (χ0) is 45.8. The van der Waals surface area contributed by atoms with Gasteiger partial charge in [0, 0.05) is 19.3 Å². The maximum atomic E-state index is 12.8. The normalized spacial score (nSPS) is 12.5. The second kappa shape index (κ2) is 51.7. The van der Waals surface area contributed by atoms with Crippen LogP contribution in [0.2, 0.25) is 0 Å². The van der Waals surface area contributed by atoms with E-state index >= 15 is 0 Å². The summed E-state index contributed by atoms with van der Waals surface area (Å²) in [6, 6.07) is 0. The lowest BCUT2D eigenvalue weighted by Gasteiger charge is -2.18.